The number of carbonyl (C=O) groups is 2. The van der Waals surface area contributed by atoms with E-state index in [9.17, 15) is 18.4 Å². The van der Waals surface area contributed by atoms with Crippen molar-refractivity contribution >= 4 is 11.8 Å². The number of hydrogen-bond donors (Lipinski definition) is 3. The fourth-order valence-electron chi connectivity index (χ4n) is 1.39. The number of piperidine rings is 1. The first kappa shape index (κ1) is 12.8. The van der Waals surface area contributed by atoms with Crippen molar-refractivity contribution in [3.8, 4) is 0 Å². The van der Waals surface area contributed by atoms with E-state index in [1.807, 2.05) is 0 Å². The van der Waals surface area contributed by atoms with E-state index >= 15 is 0 Å². The van der Waals surface area contributed by atoms with Gasteiger partial charge in [0.1, 0.15) is 0 Å². The molecule has 1 fully saturated rings. The molecule has 1 rings (SSSR count). The van der Waals surface area contributed by atoms with Crippen LogP contribution in [0.4, 0.5) is 8.78 Å². The van der Waals surface area contributed by atoms with Crippen LogP contribution in [0, 0.1) is 5.92 Å². The van der Waals surface area contributed by atoms with Gasteiger partial charge in [-0.05, 0) is 6.42 Å². The van der Waals surface area contributed by atoms with Crippen molar-refractivity contribution in [3.63, 3.8) is 0 Å². The van der Waals surface area contributed by atoms with Crippen LogP contribution in [0.2, 0.25) is 0 Å². The van der Waals surface area contributed by atoms with Gasteiger partial charge in [0.15, 0.2) is 0 Å². The molecule has 1 aliphatic heterocycles. The number of amides is 2. The summed E-state index contributed by atoms with van der Waals surface area (Å²) in [6, 6.07) is 0. The fraction of sp³-hybridized carbons (Fsp3) is 0.778. The Morgan fingerprint density at radius 1 is 1.62 bits per heavy atom. The van der Waals surface area contributed by atoms with E-state index in [1.165, 1.54) is 0 Å². The molecule has 7 heteroatoms. The lowest BCUT2D eigenvalue weighted by atomic mass is 9.98. The zero-order valence-corrected chi connectivity index (χ0v) is 8.76. The Morgan fingerprint density at radius 2 is 2.31 bits per heavy atom. The van der Waals surface area contributed by atoms with Gasteiger partial charge in [-0.15, -0.1) is 0 Å². The lowest BCUT2D eigenvalue weighted by molar-refractivity contribution is -0.130. The van der Waals surface area contributed by atoms with Crippen LogP contribution >= 0.6 is 0 Å². The highest BCUT2D eigenvalue weighted by molar-refractivity contribution is 5.83. The van der Waals surface area contributed by atoms with Gasteiger partial charge in [0.2, 0.25) is 11.8 Å². The van der Waals surface area contributed by atoms with Gasteiger partial charge in [-0.2, -0.15) is 0 Å². The molecular weight excluding hydrogens is 220 g/mol. The SMILES string of the molecule is NCC(F)(F)CNC(=O)C1CCC(=O)NC1. The molecule has 0 bridgehead atoms. The van der Waals surface area contributed by atoms with Crippen molar-refractivity contribution in [1.82, 2.24) is 10.6 Å². The molecule has 0 radical (unpaired) electrons. The summed E-state index contributed by atoms with van der Waals surface area (Å²) in [6.45, 7) is -1.35. The Kier molecular flexibility index (Phi) is 4.17. The van der Waals surface area contributed by atoms with Crippen LogP contribution in [-0.4, -0.2) is 37.4 Å². The van der Waals surface area contributed by atoms with Crippen LogP contribution in [0.1, 0.15) is 12.8 Å². The summed E-state index contributed by atoms with van der Waals surface area (Å²) in [5.74, 6) is -4.08. The number of rotatable bonds is 4. The second-order valence-electron chi connectivity index (χ2n) is 3.82. The van der Waals surface area contributed by atoms with Gasteiger partial charge < -0.3 is 16.4 Å². The van der Waals surface area contributed by atoms with Gasteiger partial charge in [0.05, 0.1) is 19.0 Å². The summed E-state index contributed by atoms with van der Waals surface area (Å²) >= 11 is 0. The quantitative estimate of drug-likeness (QED) is 0.598. The zero-order valence-electron chi connectivity index (χ0n) is 8.76. The number of nitrogens with one attached hydrogen (secondary N) is 2. The second-order valence-corrected chi connectivity index (χ2v) is 3.82. The van der Waals surface area contributed by atoms with E-state index in [4.69, 9.17) is 5.73 Å². The third-order valence-electron chi connectivity index (χ3n) is 2.46. The lowest BCUT2D eigenvalue weighted by Gasteiger charge is -2.23. The van der Waals surface area contributed by atoms with Crippen LogP contribution in [0.3, 0.4) is 0 Å². The normalized spacial score (nSPS) is 21.4. The van der Waals surface area contributed by atoms with Gasteiger partial charge in [-0.25, -0.2) is 8.78 Å². The smallest absolute Gasteiger partial charge is 0.277 e. The summed E-state index contributed by atoms with van der Waals surface area (Å²) in [5.41, 5.74) is 4.83. The maximum absolute atomic E-state index is 12.7. The summed E-state index contributed by atoms with van der Waals surface area (Å²) in [7, 11) is 0. The average molecular weight is 235 g/mol. The van der Waals surface area contributed by atoms with Gasteiger partial charge in [0, 0.05) is 13.0 Å². The molecule has 0 aromatic carbocycles. The third-order valence-corrected chi connectivity index (χ3v) is 2.46. The Morgan fingerprint density at radius 3 is 2.81 bits per heavy atom. The van der Waals surface area contributed by atoms with Crippen LogP contribution in [0.25, 0.3) is 0 Å². The standard InChI is InChI=1S/C9H15F2N3O2/c10-9(11,4-12)5-14-8(16)6-1-2-7(15)13-3-6/h6H,1-5,12H2,(H,13,15)(H,14,16). The van der Waals surface area contributed by atoms with Gasteiger partial charge in [-0.3, -0.25) is 9.59 Å². The number of carbonyl (C=O) groups excluding carboxylic acids is 2. The highest BCUT2D eigenvalue weighted by Crippen LogP contribution is 2.13. The average Bonchev–Trinajstić information content (AvgIpc) is 2.27. The van der Waals surface area contributed by atoms with Crippen molar-refractivity contribution in [2.45, 2.75) is 18.8 Å². The molecule has 0 aliphatic carbocycles. The van der Waals surface area contributed by atoms with Crippen molar-refractivity contribution in [2.24, 2.45) is 11.7 Å². The number of alkyl halides is 2. The number of halogens is 2. The molecule has 1 atom stereocenters. The largest absolute Gasteiger partial charge is 0.355 e. The van der Waals surface area contributed by atoms with Crippen molar-refractivity contribution in [3.05, 3.63) is 0 Å². The van der Waals surface area contributed by atoms with E-state index in [0.717, 1.165) is 0 Å². The van der Waals surface area contributed by atoms with E-state index in [-0.39, 0.29) is 18.9 Å². The maximum atomic E-state index is 12.7. The number of hydrogen-bond acceptors (Lipinski definition) is 3. The fourth-order valence-corrected chi connectivity index (χ4v) is 1.39. The molecule has 0 aromatic rings. The molecule has 1 unspecified atom stereocenters. The first-order valence-electron chi connectivity index (χ1n) is 5.07. The van der Waals surface area contributed by atoms with E-state index in [1.54, 1.807) is 0 Å². The molecule has 1 saturated heterocycles. The molecule has 1 aliphatic rings. The highest BCUT2D eigenvalue weighted by atomic mass is 19.3. The van der Waals surface area contributed by atoms with E-state index in [0.29, 0.717) is 6.42 Å². The van der Waals surface area contributed by atoms with Gasteiger partial charge in [-0.1, -0.05) is 0 Å². The van der Waals surface area contributed by atoms with Crippen LogP contribution in [-0.2, 0) is 9.59 Å². The Labute approximate surface area is 91.7 Å². The minimum absolute atomic E-state index is 0.115. The van der Waals surface area contributed by atoms with Crippen molar-refractivity contribution < 1.29 is 18.4 Å². The Balaban J connectivity index is 2.33. The van der Waals surface area contributed by atoms with Crippen LogP contribution < -0.4 is 16.4 Å². The molecule has 92 valence electrons. The predicted molar refractivity (Wildman–Crippen MR) is 52.7 cm³/mol. The lowest BCUT2D eigenvalue weighted by Crippen LogP contribution is -2.47. The topological polar surface area (TPSA) is 84.2 Å². The van der Waals surface area contributed by atoms with E-state index in [2.05, 4.69) is 10.6 Å². The van der Waals surface area contributed by atoms with E-state index < -0.39 is 30.8 Å². The second kappa shape index (κ2) is 5.20. The first-order valence-corrected chi connectivity index (χ1v) is 5.07. The Bertz CT molecular complexity index is 274. The molecule has 16 heavy (non-hydrogen) atoms. The monoisotopic (exact) mass is 235 g/mol. The summed E-state index contributed by atoms with van der Waals surface area (Å²) in [4.78, 5) is 22.2. The van der Waals surface area contributed by atoms with Crippen LogP contribution in [0.15, 0.2) is 0 Å². The van der Waals surface area contributed by atoms with Gasteiger partial charge >= 0.3 is 0 Å². The minimum Gasteiger partial charge on any atom is -0.355 e. The summed E-state index contributed by atoms with van der Waals surface area (Å²) < 4.78 is 25.5. The first-order chi connectivity index (χ1) is 7.44. The van der Waals surface area contributed by atoms with Gasteiger partial charge in [0.25, 0.3) is 5.92 Å². The molecule has 5 nitrogen and oxygen atoms in total. The minimum atomic E-state index is -3.08. The van der Waals surface area contributed by atoms with Crippen molar-refractivity contribution in [2.75, 3.05) is 19.6 Å². The molecule has 4 N–H and O–H groups in total. The zero-order chi connectivity index (χ0) is 12.2. The maximum Gasteiger partial charge on any atom is 0.277 e. The van der Waals surface area contributed by atoms with Crippen molar-refractivity contribution in [1.29, 1.82) is 0 Å². The molecule has 2 amide bonds. The molecule has 0 saturated carbocycles. The Hall–Kier alpha value is -1.24. The number of nitrogens with two attached hydrogens (primary N) is 1. The summed E-state index contributed by atoms with van der Waals surface area (Å²) in [6.07, 6.45) is 0.650. The third kappa shape index (κ3) is 3.73. The molecule has 0 aromatic heterocycles. The molecular formula is C9H15F2N3O2. The highest BCUT2D eigenvalue weighted by Gasteiger charge is 2.30. The van der Waals surface area contributed by atoms with Crippen LogP contribution in [0.5, 0.6) is 0 Å². The molecule has 0 spiro atoms. The predicted octanol–water partition coefficient (Wildman–Crippen LogP) is -0.777. The summed E-state index contributed by atoms with van der Waals surface area (Å²) in [5, 5.41) is 4.65. The molecule has 1 heterocycles.